The van der Waals surface area contributed by atoms with Crippen LogP contribution in [0.5, 0.6) is 17.2 Å². The molecular formula is C9H8N2O6. The molecule has 1 heterocycles. The van der Waals surface area contributed by atoms with Crippen LogP contribution in [-0.2, 0) is 0 Å². The van der Waals surface area contributed by atoms with Gasteiger partial charge in [0.25, 0.3) is 0 Å². The fourth-order valence-corrected chi connectivity index (χ4v) is 1.56. The second kappa shape index (κ2) is 4.16. The summed E-state index contributed by atoms with van der Waals surface area (Å²) in [6.45, 7) is -0.0391. The van der Waals surface area contributed by atoms with Crippen molar-refractivity contribution in [1.29, 1.82) is 0 Å². The fourth-order valence-electron chi connectivity index (χ4n) is 1.56. The van der Waals surface area contributed by atoms with E-state index in [0.29, 0.717) is 5.75 Å². The Morgan fingerprint density at radius 1 is 1.65 bits per heavy atom. The van der Waals surface area contributed by atoms with E-state index >= 15 is 0 Å². The van der Waals surface area contributed by atoms with Crippen molar-refractivity contribution < 1.29 is 24.3 Å². The molecule has 90 valence electrons. The molecule has 1 aromatic rings. The van der Waals surface area contributed by atoms with E-state index in [-0.39, 0.29) is 29.5 Å². The Bertz CT molecular complexity index is 499. The standard InChI is InChI=1S/C9H8N2O6/c1-15-9-7(11(13)14)5(3-10-12)2-6-8(9)17-4-16-6/h2-3,12H,4H2,1H3/b10-3+. The highest BCUT2D eigenvalue weighted by atomic mass is 16.7. The van der Waals surface area contributed by atoms with Gasteiger partial charge in [0, 0.05) is 6.07 Å². The lowest BCUT2D eigenvalue weighted by Gasteiger charge is -2.07. The largest absolute Gasteiger partial charge is 0.487 e. The molecule has 0 bridgehead atoms. The molecule has 1 aromatic carbocycles. The predicted molar refractivity (Wildman–Crippen MR) is 55.2 cm³/mol. The van der Waals surface area contributed by atoms with Gasteiger partial charge in [0.2, 0.25) is 18.3 Å². The van der Waals surface area contributed by atoms with Crippen LogP contribution in [0.3, 0.4) is 0 Å². The lowest BCUT2D eigenvalue weighted by Crippen LogP contribution is -2.00. The van der Waals surface area contributed by atoms with Crippen LogP contribution in [0.15, 0.2) is 11.2 Å². The number of rotatable bonds is 3. The van der Waals surface area contributed by atoms with Crippen molar-refractivity contribution in [2.75, 3.05) is 13.9 Å². The van der Waals surface area contributed by atoms with Crippen molar-refractivity contribution in [3.05, 3.63) is 21.7 Å². The van der Waals surface area contributed by atoms with Gasteiger partial charge in [-0.2, -0.15) is 0 Å². The molecule has 0 radical (unpaired) electrons. The molecule has 0 saturated carbocycles. The number of nitrogens with zero attached hydrogens (tertiary/aromatic N) is 2. The molecule has 1 aliphatic rings. The molecular weight excluding hydrogens is 232 g/mol. The van der Waals surface area contributed by atoms with Crippen LogP contribution in [-0.4, -0.2) is 30.2 Å². The minimum absolute atomic E-state index is 0.0391. The number of nitro groups is 1. The van der Waals surface area contributed by atoms with Crippen LogP contribution < -0.4 is 14.2 Å². The number of nitro benzene ring substituents is 1. The lowest BCUT2D eigenvalue weighted by atomic mass is 10.1. The number of oxime groups is 1. The van der Waals surface area contributed by atoms with Crippen molar-refractivity contribution in [2.45, 2.75) is 0 Å². The highest BCUT2D eigenvalue weighted by Crippen LogP contribution is 2.48. The van der Waals surface area contributed by atoms with Crippen LogP contribution in [0.25, 0.3) is 0 Å². The monoisotopic (exact) mass is 240 g/mol. The van der Waals surface area contributed by atoms with Gasteiger partial charge < -0.3 is 19.4 Å². The molecule has 8 heteroatoms. The molecule has 1 N–H and O–H groups in total. The summed E-state index contributed by atoms with van der Waals surface area (Å²) < 4.78 is 15.1. The zero-order valence-corrected chi connectivity index (χ0v) is 8.74. The summed E-state index contributed by atoms with van der Waals surface area (Å²) in [6, 6.07) is 1.35. The molecule has 0 spiro atoms. The van der Waals surface area contributed by atoms with Gasteiger partial charge in [-0.25, -0.2) is 0 Å². The molecule has 0 fully saturated rings. The molecule has 0 atom stereocenters. The van der Waals surface area contributed by atoms with Crippen LogP contribution in [0, 0.1) is 10.1 Å². The smallest absolute Gasteiger partial charge is 0.323 e. The summed E-state index contributed by atoms with van der Waals surface area (Å²) in [5.74, 6) is 0.427. The Balaban J connectivity index is 2.72. The zero-order chi connectivity index (χ0) is 12.4. The molecule has 0 saturated heterocycles. The minimum atomic E-state index is -0.641. The Morgan fingerprint density at radius 3 is 3.00 bits per heavy atom. The van der Waals surface area contributed by atoms with Crippen molar-refractivity contribution >= 4 is 11.9 Å². The SMILES string of the molecule is COc1c2c(cc(/C=N/O)c1[N+](=O)[O-])OCO2. The van der Waals surface area contributed by atoms with E-state index in [1.165, 1.54) is 13.2 Å². The van der Waals surface area contributed by atoms with Crippen LogP contribution in [0.4, 0.5) is 5.69 Å². The summed E-state index contributed by atoms with van der Waals surface area (Å²) in [5.41, 5.74) is -0.270. The highest BCUT2D eigenvalue weighted by Gasteiger charge is 2.31. The average Bonchev–Trinajstić information content (AvgIpc) is 2.74. The molecule has 0 unspecified atom stereocenters. The Hall–Kier alpha value is -2.51. The van der Waals surface area contributed by atoms with Gasteiger partial charge in [-0.3, -0.25) is 10.1 Å². The van der Waals surface area contributed by atoms with Gasteiger partial charge in [-0.1, -0.05) is 5.16 Å². The Morgan fingerprint density at radius 2 is 2.41 bits per heavy atom. The quantitative estimate of drug-likeness (QED) is 0.367. The highest BCUT2D eigenvalue weighted by molar-refractivity contribution is 5.89. The maximum absolute atomic E-state index is 11.0. The molecule has 8 nitrogen and oxygen atoms in total. The molecule has 0 amide bonds. The first-order chi connectivity index (χ1) is 8.19. The molecule has 0 aliphatic carbocycles. The van der Waals surface area contributed by atoms with Gasteiger partial charge in [0.15, 0.2) is 5.75 Å². The Labute approximate surface area is 95.2 Å². The second-order valence-electron chi connectivity index (χ2n) is 3.08. The van der Waals surface area contributed by atoms with E-state index in [0.717, 1.165) is 6.21 Å². The summed E-state index contributed by atoms with van der Waals surface area (Å²) >= 11 is 0. The third-order valence-electron chi connectivity index (χ3n) is 2.21. The first-order valence-corrected chi connectivity index (χ1v) is 4.51. The van der Waals surface area contributed by atoms with Gasteiger partial charge in [-0.05, 0) is 0 Å². The number of benzene rings is 1. The maximum Gasteiger partial charge on any atom is 0.323 e. The molecule has 17 heavy (non-hydrogen) atoms. The van der Waals surface area contributed by atoms with Gasteiger partial charge in [0.1, 0.15) is 0 Å². The van der Waals surface area contributed by atoms with E-state index in [4.69, 9.17) is 19.4 Å². The number of methoxy groups -OCH3 is 1. The summed E-state index contributed by atoms with van der Waals surface area (Å²) in [6.07, 6.45) is 0.933. The van der Waals surface area contributed by atoms with E-state index in [1.807, 2.05) is 0 Å². The van der Waals surface area contributed by atoms with Gasteiger partial charge in [0.05, 0.1) is 23.8 Å². The second-order valence-corrected chi connectivity index (χ2v) is 3.08. The van der Waals surface area contributed by atoms with Crippen molar-refractivity contribution in [2.24, 2.45) is 5.16 Å². The topological polar surface area (TPSA) is 103 Å². The number of hydrogen-bond donors (Lipinski definition) is 1. The van der Waals surface area contributed by atoms with Crippen LogP contribution in [0.2, 0.25) is 0 Å². The molecule has 0 aromatic heterocycles. The third-order valence-corrected chi connectivity index (χ3v) is 2.21. The fraction of sp³-hybridized carbons (Fsp3) is 0.222. The minimum Gasteiger partial charge on any atom is -0.487 e. The van der Waals surface area contributed by atoms with Crippen molar-refractivity contribution in [3.8, 4) is 17.2 Å². The number of fused-ring (bicyclic) bond motifs is 1. The van der Waals surface area contributed by atoms with E-state index in [2.05, 4.69) is 5.16 Å². The Kier molecular flexibility index (Phi) is 2.69. The lowest BCUT2D eigenvalue weighted by molar-refractivity contribution is -0.385. The zero-order valence-electron chi connectivity index (χ0n) is 8.74. The van der Waals surface area contributed by atoms with Gasteiger partial charge >= 0.3 is 5.69 Å². The van der Waals surface area contributed by atoms with E-state index in [1.54, 1.807) is 0 Å². The number of ether oxygens (including phenoxy) is 3. The van der Waals surface area contributed by atoms with Crippen molar-refractivity contribution in [1.82, 2.24) is 0 Å². The van der Waals surface area contributed by atoms with E-state index < -0.39 is 4.92 Å². The van der Waals surface area contributed by atoms with Crippen LogP contribution in [0.1, 0.15) is 5.56 Å². The first-order valence-electron chi connectivity index (χ1n) is 4.51. The maximum atomic E-state index is 11.0. The van der Waals surface area contributed by atoms with Gasteiger partial charge in [-0.15, -0.1) is 0 Å². The predicted octanol–water partition coefficient (Wildman–Crippen LogP) is 1.14. The number of hydrogen-bond acceptors (Lipinski definition) is 7. The normalized spacial score (nSPS) is 13.0. The third kappa shape index (κ3) is 1.69. The molecule has 2 rings (SSSR count). The van der Waals surface area contributed by atoms with E-state index in [9.17, 15) is 10.1 Å². The summed E-state index contributed by atoms with van der Waals surface area (Å²) in [4.78, 5) is 10.3. The summed E-state index contributed by atoms with van der Waals surface area (Å²) in [5, 5.41) is 22.2. The first kappa shape index (κ1) is 11.0. The summed E-state index contributed by atoms with van der Waals surface area (Å²) in [7, 11) is 1.28. The molecule has 1 aliphatic heterocycles. The van der Waals surface area contributed by atoms with Crippen LogP contribution >= 0.6 is 0 Å². The van der Waals surface area contributed by atoms with Crippen molar-refractivity contribution in [3.63, 3.8) is 0 Å². The average molecular weight is 240 g/mol.